The van der Waals surface area contributed by atoms with Gasteiger partial charge in [-0.1, -0.05) is 25.1 Å². The maximum atomic E-state index is 12.8. The molecular weight excluding hydrogens is 370 g/mol. The number of carbonyl (C=O) groups is 1. The van der Waals surface area contributed by atoms with E-state index in [1.165, 1.54) is 6.07 Å². The van der Waals surface area contributed by atoms with Crippen LogP contribution < -0.4 is 15.0 Å². The molecule has 0 radical (unpaired) electrons. The average Bonchev–Trinajstić information content (AvgIpc) is 2.73. The number of para-hydroxylation sites is 1. The zero-order valence-corrected chi connectivity index (χ0v) is 16.5. The fraction of sp³-hybridized carbons (Fsp3) is 0.409. The molecule has 2 heterocycles. The van der Waals surface area contributed by atoms with Gasteiger partial charge in [0.05, 0.1) is 17.6 Å². The highest BCUT2D eigenvalue weighted by atomic mass is 16.6. The maximum Gasteiger partial charge on any atom is 0.293 e. The Labute approximate surface area is 169 Å². The Kier molecular flexibility index (Phi) is 5.38. The van der Waals surface area contributed by atoms with Crippen molar-refractivity contribution in [3.63, 3.8) is 0 Å². The lowest BCUT2D eigenvalue weighted by Crippen LogP contribution is -2.35. The van der Waals surface area contributed by atoms with Crippen molar-refractivity contribution in [1.29, 1.82) is 0 Å². The lowest BCUT2D eigenvalue weighted by atomic mass is 9.98. The highest BCUT2D eigenvalue weighted by Crippen LogP contribution is 2.34. The predicted molar refractivity (Wildman–Crippen MR) is 110 cm³/mol. The number of hydrogen-bond donors (Lipinski definition) is 1. The number of carbonyl (C=O) groups excluding carboxylic acids is 1. The first-order valence-electron chi connectivity index (χ1n) is 10.1. The first-order chi connectivity index (χ1) is 14.0. The fourth-order valence-electron chi connectivity index (χ4n) is 4.22. The monoisotopic (exact) mass is 395 g/mol. The summed E-state index contributed by atoms with van der Waals surface area (Å²) in [6.45, 7) is 4.28. The SMILES string of the molecule is C[C@@H]1CCCN(c2ccc(C(=O)N[C@@H]3CCOc4ccccc43)cc2[N+](=O)[O-])C1. The minimum atomic E-state index is -0.394. The number of rotatable bonds is 4. The van der Waals surface area contributed by atoms with Gasteiger partial charge in [0.1, 0.15) is 11.4 Å². The first-order valence-corrected chi connectivity index (χ1v) is 10.1. The molecule has 0 saturated carbocycles. The number of hydrogen-bond acceptors (Lipinski definition) is 5. The molecule has 2 aromatic carbocycles. The third-order valence-electron chi connectivity index (χ3n) is 5.70. The minimum absolute atomic E-state index is 0.0147. The lowest BCUT2D eigenvalue weighted by molar-refractivity contribution is -0.384. The molecule has 0 aliphatic carbocycles. The van der Waals surface area contributed by atoms with Crippen LogP contribution >= 0.6 is 0 Å². The third kappa shape index (κ3) is 4.04. The van der Waals surface area contributed by atoms with Gasteiger partial charge >= 0.3 is 0 Å². The van der Waals surface area contributed by atoms with Crippen molar-refractivity contribution in [2.24, 2.45) is 5.92 Å². The molecular formula is C22H25N3O4. The molecule has 1 amide bonds. The van der Waals surface area contributed by atoms with Crippen molar-refractivity contribution in [3.8, 4) is 5.75 Å². The van der Waals surface area contributed by atoms with Crippen LogP contribution in [-0.2, 0) is 0 Å². The number of ether oxygens (including phenoxy) is 1. The van der Waals surface area contributed by atoms with Gasteiger partial charge in [-0.25, -0.2) is 0 Å². The van der Waals surface area contributed by atoms with E-state index in [2.05, 4.69) is 17.1 Å². The highest BCUT2D eigenvalue weighted by molar-refractivity contribution is 5.96. The van der Waals surface area contributed by atoms with E-state index in [4.69, 9.17) is 4.74 Å². The van der Waals surface area contributed by atoms with Crippen LogP contribution in [0, 0.1) is 16.0 Å². The van der Waals surface area contributed by atoms with E-state index in [1.54, 1.807) is 12.1 Å². The Morgan fingerprint density at radius 2 is 2.07 bits per heavy atom. The summed E-state index contributed by atoms with van der Waals surface area (Å²) in [6.07, 6.45) is 2.82. The normalized spacial score (nSPS) is 21.1. The quantitative estimate of drug-likeness (QED) is 0.623. The number of amides is 1. The molecule has 0 unspecified atom stereocenters. The van der Waals surface area contributed by atoms with Crippen molar-refractivity contribution in [2.75, 3.05) is 24.6 Å². The minimum Gasteiger partial charge on any atom is -0.493 e. The van der Waals surface area contributed by atoms with Gasteiger partial charge < -0.3 is 15.0 Å². The van der Waals surface area contributed by atoms with Crippen molar-refractivity contribution < 1.29 is 14.5 Å². The lowest BCUT2D eigenvalue weighted by Gasteiger charge is -2.32. The Morgan fingerprint density at radius 3 is 2.86 bits per heavy atom. The maximum absolute atomic E-state index is 12.8. The smallest absolute Gasteiger partial charge is 0.293 e. The Morgan fingerprint density at radius 1 is 1.24 bits per heavy atom. The number of nitrogens with one attached hydrogen (secondary N) is 1. The summed E-state index contributed by atoms with van der Waals surface area (Å²) in [7, 11) is 0. The van der Waals surface area contributed by atoms with Gasteiger partial charge in [0, 0.05) is 36.7 Å². The molecule has 1 fully saturated rings. The van der Waals surface area contributed by atoms with Crippen LogP contribution in [0.5, 0.6) is 5.75 Å². The van der Waals surface area contributed by atoms with Crippen LogP contribution in [0.2, 0.25) is 0 Å². The molecule has 152 valence electrons. The van der Waals surface area contributed by atoms with Crippen LogP contribution in [0.3, 0.4) is 0 Å². The molecule has 2 aliphatic rings. The van der Waals surface area contributed by atoms with Gasteiger partial charge in [-0.15, -0.1) is 0 Å². The van der Waals surface area contributed by atoms with Gasteiger partial charge in [-0.05, 0) is 37.0 Å². The molecule has 2 aliphatic heterocycles. The summed E-state index contributed by atoms with van der Waals surface area (Å²) in [5.41, 5.74) is 1.81. The van der Waals surface area contributed by atoms with E-state index in [9.17, 15) is 14.9 Å². The summed E-state index contributed by atoms with van der Waals surface area (Å²) < 4.78 is 5.64. The van der Waals surface area contributed by atoms with Crippen molar-refractivity contribution >= 4 is 17.3 Å². The summed E-state index contributed by atoms with van der Waals surface area (Å²) in [5, 5.41) is 14.7. The molecule has 2 aromatic rings. The van der Waals surface area contributed by atoms with E-state index in [-0.39, 0.29) is 17.6 Å². The van der Waals surface area contributed by atoms with Gasteiger partial charge in [0.25, 0.3) is 11.6 Å². The molecule has 0 spiro atoms. The molecule has 29 heavy (non-hydrogen) atoms. The third-order valence-corrected chi connectivity index (χ3v) is 5.70. The molecule has 1 N–H and O–H groups in total. The van der Waals surface area contributed by atoms with E-state index in [0.717, 1.165) is 37.2 Å². The van der Waals surface area contributed by atoms with Crippen molar-refractivity contribution in [3.05, 3.63) is 63.7 Å². The van der Waals surface area contributed by atoms with Crippen molar-refractivity contribution in [2.45, 2.75) is 32.2 Å². The topological polar surface area (TPSA) is 84.7 Å². The highest BCUT2D eigenvalue weighted by Gasteiger charge is 2.27. The second-order valence-electron chi connectivity index (χ2n) is 7.86. The van der Waals surface area contributed by atoms with Crippen LogP contribution in [0.25, 0.3) is 0 Å². The summed E-state index contributed by atoms with van der Waals surface area (Å²) >= 11 is 0. The number of nitrogens with zero attached hydrogens (tertiary/aromatic N) is 2. The van der Waals surface area contributed by atoms with E-state index >= 15 is 0 Å². The van der Waals surface area contributed by atoms with Gasteiger partial charge in [0.15, 0.2) is 0 Å². The zero-order chi connectivity index (χ0) is 20.4. The van der Waals surface area contributed by atoms with Crippen LogP contribution in [0.15, 0.2) is 42.5 Å². The fourth-order valence-corrected chi connectivity index (χ4v) is 4.22. The number of fused-ring (bicyclic) bond motifs is 1. The molecule has 2 atom stereocenters. The van der Waals surface area contributed by atoms with Crippen LogP contribution in [0.4, 0.5) is 11.4 Å². The Balaban J connectivity index is 1.57. The van der Waals surface area contributed by atoms with E-state index in [0.29, 0.717) is 30.2 Å². The second kappa shape index (κ2) is 8.11. The Bertz CT molecular complexity index is 930. The predicted octanol–water partition coefficient (Wildman–Crippen LogP) is 4.08. The second-order valence-corrected chi connectivity index (χ2v) is 7.86. The largest absolute Gasteiger partial charge is 0.493 e. The van der Waals surface area contributed by atoms with Gasteiger partial charge in [-0.2, -0.15) is 0 Å². The van der Waals surface area contributed by atoms with Gasteiger partial charge in [-0.3, -0.25) is 14.9 Å². The molecule has 1 saturated heterocycles. The zero-order valence-electron chi connectivity index (χ0n) is 16.5. The molecule has 4 rings (SSSR count). The van der Waals surface area contributed by atoms with Gasteiger partial charge in [0.2, 0.25) is 0 Å². The van der Waals surface area contributed by atoms with E-state index in [1.807, 2.05) is 24.3 Å². The summed E-state index contributed by atoms with van der Waals surface area (Å²) in [4.78, 5) is 26.2. The number of nitro groups is 1. The molecule has 0 aromatic heterocycles. The summed E-state index contributed by atoms with van der Waals surface area (Å²) in [5.74, 6) is 0.956. The summed E-state index contributed by atoms with van der Waals surface area (Å²) in [6, 6.07) is 12.2. The van der Waals surface area contributed by atoms with E-state index < -0.39 is 4.92 Å². The number of anilines is 1. The molecule has 0 bridgehead atoms. The average molecular weight is 395 g/mol. The van der Waals surface area contributed by atoms with Crippen LogP contribution in [-0.4, -0.2) is 30.5 Å². The Hall–Kier alpha value is -3.09. The molecule has 7 heteroatoms. The number of nitro benzene ring substituents is 1. The number of benzene rings is 2. The van der Waals surface area contributed by atoms with Crippen molar-refractivity contribution in [1.82, 2.24) is 5.32 Å². The van der Waals surface area contributed by atoms with Crippen LogP contribution in [0.1, 0.15) is 48.1 Å². The number of piperidine rings is 1. The first kappa shape index (κ1) is 19.2. The molecule has 7 nitrogen and oxygen atoms in total. The standard InChI is InChI=1S/C22H25N3O4/c1-15-5-4-11-24(14-15)19-9-8-16(13-20(19)25(27)28)22(26)23-18-10-12-29-21-7-3-2-6-17(18)21/h2-3,6-9,13,15,18H,4-5,10-12,14H2,1H3,(H,23,26)/t15-,18-/m1/s1.